The number of aryl methyl sites for hydroxylation is 2. The van der Waals surface area contributed by atoms with E-state index in [0.29, 0.717) is 19.4 Å². The smallest absolute Gasteiger partial charge is 0.217 e. The monoisotopic (exact) mass is 376 g/mol. The minimum atomic E-state index is -0.333. The fourth-order valence-electron chi connectivity index (χ4n) is 2.36. The third-order valence-corrected chi connectivity index (χ3v) is 4.54. The highest BCUT2D eigenvalue weighted by molar-refractivity contribution is 7.10. The van der Waals surface area contributed by atoms with Gasteiger partial charge in [0.1, 0.15) is 5.75 Å². The molecular weight excluding hydrogens is 348 g/mol. The van der Waals surface area contributed by atoms with Crippen LogP contribution in [0.5, 0.6) is 5.75 Å². The second-order valence-corrected chi connectivity index (χ2v) is 6.92. The van der Waals surface area contributed by atoms with Crippen molar-refractivity contribution in [1.29, 1.82) is 0 Å². The van der Waals surface area contributed by atoms with E-state index in [-0.39, 0.29) is 11.8 Å². The Balaban J connectivity index is 0.000000224. The van der Waals surface area contributed by atoms with E-state index in [1.54, 1.807) is 10.4 Å². The molecule has 142 valence electrons. The summed E-state index contributed by atoms with van der Waals surface area (Å²) in [5.74, 6) is 0.212. The van der Waals surface area contributed by atoms with Crippen molar-refractivity contribution in [3.05, 3.63) is 52.2 Å². The lowest BCUT2D eigenvalue weighted by atomic mass is 10.00. The zero-order chi connectivity index (χ0) is 19.2. The number of nitrogens with two attached hydrogens (primary N) is 2. The number of fused-ring (bicyclic) bond motifs is 1. The lowest BCUT2D eigenvalue weighted by Gasteiger charge is -2.08. The van der Waals surface area contributed by atoms with Gasteiger partial charge in [0.2, 0.25) is 11.8 Å². The Morgan fingerprint density at radius 1 is 1.08 bits per heavy atom. The first-order valence-corrected chi connectivity index (χ1v) is 9.64. The normalized spacial score (nSPS) is 11.7. The molecule has 0 atom stereocenters. The van der Waals surface area contributed by atoms with Crippen molar-refractivity contribution in [2.45, 2.75) is 45.4 Å². The maximum Gasteiger partial charge on any atom is 0.217 e. The van der Waals surface area contributed by atoms with Crippen molar-refractivity contribution >= 4 is 23.2 Å². The number of thiophene rings is 1. The Labute approximate surface area is 159 Å². The molecular formula is C20H28N2O3S. The van der Waals surface area contributed by atoms with E-state index in [9.17, 15) is 9.59 Å². The molecule has 2 amide bonds. The van der Waals surface area contributed by atoms with Gasteiger partial charge < -0.3 is 16.2 Å². The molecule has 0 spiro atoms. The van der Waals surface area contributed by atoms with Gasteiger partial charge in [0.15, 0.2) is 0 Å². The fraction of sp³-hybridized carbons (Fsp3) is 0.400. The van der Waals surface area contributed by atoms with Gasteiger partial charge in [0.25, 0.3) is 0 Å². The number of para-hydroxylation sites is 1. The summed E-state index contributed by atoms with van der Waals surface area (Å²) < 4.78 is 5.35. The highest BCUT2D eigenvalue weighted by Crippen LogP contribution is 2.25. The number of amides is 2. The van der Waals surface area contributed by atoms with Gasteiger partial charge in [-0.15, -0.1) is 11.3 Å². The van der Waals surface area contributed by atoms with Crippen LogP contribution in [-0.4, -0.2) is 18.4 Å². The fourth-order valence-corrected chi connectivity index (χ4v) is 3.34. The van der Waals surface area contributed by atoms with E-state index >= 15 is 0 Å². The lowest BCUT2D eigenvalue weighted by molar-refractivity contribution is -0.118. The van der Waals surface area contributed by atoms with Gasteiger partial charge >= 0.3 is 0 Å². The third kappa shape index (κ3) is 10.5. The maximum absolute atomic E-state index is 10.4. The van der Waals surface area contributed by atoms with Gasteiger partial charge in [-0.25, -0.2) is 0 Å². The number of benzene rings is 1. The first-order valence-electron chi connectivity index (χ1n) is 8.76. The molecule has 6 heteroatoms. The largest absolute Gasteiger partial charge is 0.494 e. The zero-order valence-corrected chi connectivity index (χ0v) is 16.1. The van der Waals surface area contributed by atoms with Crippen LogP contribution in [-0.2, 0) is 22.4 Å². The molecule has 1 heterocycles. The topological polar surface area (TPSA) is 95.4 Å². The molecule has 1 aromatic heterocycles. The van der Waals surface area contributed by atoms with E-state index in [0.717, 1.165) is 5.75 Å². The van der Waals surface area contributed by atoms with E-state index in [4.69, 9.17) is 10.5 Å². The summed E-state index contributed by atoms with van der Waals surface area (Å²) in [4.78, 5) is 21.2. The molecule has 1 aliphatic carbocycles. The molecule has 0 saturated carbocycles. The van der Waals surface area contributed by atoms with Gasteiger partial charge in [-0.05, 0) is 61.2 Å². The van der Waals surface area contributed by atoms with Crippen LogP contribution in [0.1, 0.15) is 43.0 Å². The van der Waals surface area contributed by atoms with Crippen LogP contribution in [0.25, 0.3) is 0 Å². The van der Waals surface area contributed by atoms with E-state index < -0.39 is 0 Å². The molecule has 3 rings (SSSR count). The van der Waals surface area contributed by atoms with E-state index in [1.807, 2.05) is 41.7 Å². The Morgan fingerprint density at radius 3 is 2.35 bits per heavy atom. The highest BCUT2D eigenvalue weighted by Gasteiger charge is 2.08. The van der Waals surface area contributed by atoms with Crippen LogP contribution >= 0.6 is 11.3 Å². The molecule has 5 nitrogen and oxygen atoms in total. The number of hydrogen-bond acceptors (Lipinski definition) is 4. The summed E-state index contributed by atoms with van der Waals surface area (Å²) in [6, 6.07) is 11.8. The number of ether oxygens (including phenoxy) is 1. The molecule has 4 N–H and O–H groups in total. The molecule has 0 saturated heterocycles. The Morgan fingerprint density at radius 2 is 1.73 bits per heavy atom. The number of carbonyl (C=O) groups is 2. The minimum absolute atomic E-state index is 0.281. The highest BCUT2D eigenvalue weighted by atomic mass is 32.1. The molecule has 1 aliphatic rings. The first-order chi connectivity index (χ1) is 12.5. The van der Waals surface area contributed by atoms with Gasteiger partial charge in [0, 0.05) is 18.2 Å². The molecule has 0 radical (unpaired) electrons. The number of primary amides is 2. The summed E-state index contributed by atoms with van der Waals surface area (Å²) in [6.45, 7) is 1.84. The predicted molar refractivity (Wildman–Crippen MR) is 106 cm³/mol. The molecule has 0 aliphatic heterocycles. The van der Waals surface area contributed by atoms with E-state index in [1.165, 1.54) is 32.6 Å². The Bertz CT molecular complexity index is 632. The Kier molecular flexibility index (Phi) is 10.8. The third-order valence-electron chi connectivity index (χ3n) is 3.52. The quantitative estimate of drug-likeness (QED) is 0.782. The van der Waals surface area contributed by atoms with Crippen LogP contribution in [0.4, 0.5) is 0 Å². The second kappa shape index (κ2) is 12.9. The molecule has 0 bridgehead atoms. The van der Waals surface area contributed by atoms with Crippen molar-refractivity contribution in [3.8, 4) is 5.75 Å². The number of carbonyl (C=O) groups excluding carboxylic acids is 2. The molecule has 2 aromatic rings. The summed E-state index contributed by atoms with van der Waals surface area (Å²) in [6.07, 6.45) is 6.54. The summed E-state index contributed by atoms with van der Waals surface area (Å²) in [5, 5.41) is 2.22. The van der Waals surface area contributed by atoms with Crippen molar-refractivity contribution in [3.63, 3.8) is 0 Å². The summed E-state index contributed by atoms with van der Waals surface area (Å²) in [7, 11) is 0. The van der Waals surface area contributed by atoms with Crippen LogP contribution in [0, 0.1) is 0 Å². The number of rotatable bonds is 5. The minimum Gasteiger partial charge on any atom is -0.494 e. The van der Waals surface area contributed by atoms with Gasteiger partial charge in [-0.3, -0.25) is 9.59 Å². The molecule has 0 unspecified atom stereocenters. The standard InChI is InChI=1S/C10H13NO2.C8H10S.C2H5NO/c11-10(12)7-4-8-13-9-5-2-1-3-6-9;1-2-4-8-7(3-1)5-6-9-8;1-2(3)4/h1-3,5-6H,4,7-8H2,(H2,11,12);5-6H,1-4H2;1H3,(H2,3,4). The number of hydrogen-bond donors (Lipinski definition) is 2. The van der Waals surface area contributed by atoms with Crippen LogP contribution < -0.4 is 16.2 Å². The predicted octanol–water partition coefficient (Wildman–Crippen LogP) is 3.45. The van der Waals surface area contributed by atoms with Crippen molar-refractivity contribution in [2.24, 2.45) is 11.5 Å². The maximum atomic E-state index is 10.4. The van der Waals surface area contributed by atoms with Crippen molar-refractivity contribution < 1.29 is 14.3 Å². The van der Waals surface area contributed by atoms with Crippen molar-refractivity contribution in [1.82, 2.24) is 0 Å². The lowest BCUT2D eigenvalue weighted by Crippen LogP contribution is -2.11. The van der Waals surface area contributed by atoms with E-state index in [2.05, 4.69) is 17.2 Å². The van der Waals surface area contributed by atoms with Crippen molar-refractivity contribution in [2.75, 3.05) is 6.61 Å². The van der Waals surface area contributed by atoms with Crippen LogP contribution in [0.2, 0.25) is 0 Å². The molecule has 1 aromatic carbocycles. The Hall–Kier alpha value is -2.34. The average Bonchev–Trinajstić information content (AvgIpc) is 3.08. The first kappa shape index (κ1) is 21.7. The summed E-state index contributed by atoms with van der Waals surface area (Å²) in [5.41, 5.74) is 11.1. The molecule has 0 fully saturated rings. The average molecular weight is 377 g/mol. The van der Waals surface area contributed by atoms with Crippen LogP contribution in [0.3, 0.4) is 0 Å². The van der Waals surface area contributed by atoms with Gasteiger partial charge in [0.05, 0.1) is 6.61 Å². The van der Waals surface area contributed by atoms with Gasteiger partial charge in [-0.1, -0.05) is 18.2 Å². The zero-order valence-electron chi connectivity index (χ0n) is 15.3. The van der Waals surface area contributed by atoms with Gasteiger partial charge in [-0.2, -0.15) is 0 Å². The summed E-state index contributed by atoms with van der Waals surface area (Å²) >= 11 is 1.93. The van der Waals surface area contributed by atoms with Crippen LogP contribution in [0.15, 0.2) is 41.8 Å². The molecule has 26 heavy (non-hydrogen) atoms. The second-order valence-electron chi connectivity index (χ2n) is 5.92. The SMILES string of the molecule is CC(N)=O.NC(=O)CCCOc1ccccc1.c1cc2c(s1)CCCC2.